The lowest BCUT2D eigenvalue weighted by Crippen LogP contribution is -2.55. The molecule has 1 aliphatic carbocycles. The first-order chi connectivity index (χ1) is 18.2. The summed E-state index contributed by atoms with van der Waals surface area (Å²) in [6.45, 7) is 0.228. The third-order valence-electron chi connectivity index (χ3n) is 6.71. The number of carbonyl (C=O) groups is 1. The van der Waals surface area contributed by atoms with Gasteiger partial charge in [-0.1, -0.05) is 0 Å². The van der Waals surface area contributed by atoms with Crippen LogP contribution in [0.3, 0.4) is 0 Å². The summed E-state index contributed by atoms with van der Waals surface area (Å²) < 4.78 is 61.3. The number of rotatable bonds is 6. The fourth-order valence-corrected chi connectivity index (χ4v) is 5.13. The molecule has 2 aromatic heterocycles. The highest BCUT2D eigenvalue weighted by Gasteiger charge is 2.59. The Labute approximate surface area is 220 Å². The zero-order valence-electron chi connectivity index (χ0n) is 19.7. The summed E-state index contributed by atoms with van der Waals surface area (Å²) >= 11 is 5.55. The smallest absolute Gasteiger partial charge is 0.419 e. The summed E-state index contributed by atoms with van der Waals surface area (Å²) in [5.74, 6) is -1.17. The van der Waals surface area contributed by atoms with Crippen LogP contribution < -0.4 is 14.5 Å². The maximum absolute atomic E-state index is 15.0. The van der Waals surface area contributed by atoms with Crippen molar-refractivity contribution in [3.63, 3.8) is 0 Å². The number of thiocarbonyl (C=S) groups is 1. The highest BCUT2D eigenvalue weighted by atomic mass is 32.1. The Morgan fingerprint density at radius 2 is 1.87 bits per heavy atom. The summed E-state index contributed by atoms with van der Waals surface area (Å²) in [6, 6.07) is 9.96. The number of ether oxygens (including phenoxy) is 1. The number of alkyl halides is 3. The van der Waals surface area contributed by atoms with E-state index in [-0.39, 0.29) is 28.8 Å². The average Bonchev–Trinajstić information content (AvgIpc) is 3.11. The lowest BCUT2D eigenvalue weighted by Gasteiger charge is -2.43. The molecule has 0 unspecified atom stereocenters. The number of hydrogen-bond acceptors (Lipinski definition) is 6. The molecular weight excluding hydrogens is 522 g/mol. The molecule has 1 aromatic carbocycles. The Kier molecular flexibility index (Phi) is 6.48. The van der Waals surface area contributed by atoms with E-state index >= 15 is 4.39 Å². The van der Waals surface area contributed by atoms with E-state index in [1.54, 1.807) is 18.5 Å². The quantitative estimate of drug-likeness (QED) is 0.314. The van der Waals surface area contributed by atoms with Gasteiger partial charge >= 0.3 is 6.18 Å². The van der Waals surface area contributed by atoms with Crippen LogP contribution in [-0.2, 0) is 17.4 Å². The number of carbonyl (C=O) groups excluding carboxylic acids is 1. The van der Waals surface area contributed by atoms with E-state index in [9.17, 15) is 18.0 Å². The second kappa shape index (κ2) is 9.64. The highest BCUT2D eigenvalue weighted by Crippen LogP contribution is 2.48. The third-order valence-corrected chi connectivity index (χ3v) is 7.07. The Morgan fingerprint density at radius 1 is 1.13 bits per heavy atom. The van der Waals surface area contributed by atoms with Gasteiger partial charge in [-0.25, -0.2) is 9.37 Å². The van der Waals surface area contributed by atoms with Crippen LogP contribution in [0.25, 0.3) is 0 Å². The van der Waals surface area contributed by atoms with Crippen molar-refractivity contribution >= 4 is 34.6 Å². The van der Waals surface area contributed by atoms with Crippen LogP contribution in [0.2, 0.25) is 0 Å². The molecule has 2 fully saturated rings. The van der Waals surface area contributed by atoms with Crippen molar-refractivity contribution < 1.29 is 27.1 Å². The van der Waals surface area contributed by atoms with Crippen molar-refractivity contribution in [1.82, 2.24) is 9.97 Å². The molecule has 1 aliphatic heterocycles. The van der Waals surface area contributed by atoms with E-state index in [1.165, 1.54) is 23.1 Å². The van der Waals surface area contributed by atoms with E-state index < -0.39 is 34.7 Å². The molecule has 3 heterocycles. The molecule has 2 aliphatic rings. The zero-order chi connectivity index (χ0) is 27.1. The maximum atomic E-state index is 15.0. The van der Waals surface area contributed by atoms with E-state index in [0.29, 0.717) is 31.7 Å². The van der Waals surface area contributed by atoms with Crippen LogP contribution >= 0.6 is 12.2 Å². The Balaban J connectivity index is 1.43. The fraction of sp³-hybridized carbons (Fsp3) is 0.269. The summed E-state index contributed by atoms with van der Waals surface area (Å²) in [6.07, 6.45) is 1.48. The number of pyridine rings is 2. The lowest BCUT2D eigenvalue weighted by molar-refractivity contribution is -0.138. The van der Waals surface area contributed by atoms with Crippen molar-refractivity contribution in [2.45, 2.75) is 37.4 Å². The third kappa shape index (κ3) is 4.32. The predicted octanol–water partition coefficient (Wildman–Crippen LogP) is 5.19. The zero-order valence-corrected chi connectivity index (χ0v) is 20.5. The van der Waals surface area contributed by atoms with E-state index in [1.807, 2.05) is 12.1 Å². The van der Waals surface area contributed by atoms with Gasteiger partial charge in [0.05, 0.1) is 24.1 Å². The first kappa shape index (κ1) is 25.5. The van der Waals surface area contributed by atoms with Crippen molar-refractivity contribution in [2.75, 3.05) is 16.4 Å². The molecule has 7 nitrogen and oxygen atoms in total. The van der Waals surface area contributed by atoms with Crippen molar-refractivity contribution in [1.29, 1.82) is 5.26 Å². The van der Waals surface area contributed by atoms with Gasteiger partial charge < -0.3 is 9.64 Å². The lowest BCUT2D eigenvalue weighted by atomic mass is 9.75. The summed E-state index contributed by atoms with van der Waals surface area (Å²) in [7, 11) is 0. The van der Waals surface area contributed by atoms with E-state index in [4.69, 9.17) is 22.2 Å². The minimum absolute atomic E-state index is 0.0184. The molecule has 0 bridgehead atoms. The van der Waals surface area contributed by atoms with Crippen molar-refractivity contribution in [3.8, 4) is 11.8 Å². The molecule has 3 aromatic rings. The SMILES string of the molecule is N#Cc1ncc(N2C(=O)C3(CCC3)N(c3ccc(OCCc4ccncc4)c(F)c3)C2=S)cc1C(F)(F)F. The van der Waals surface area contributed by atoms with Gasteiger partial charge in [0.1, 0.15) is 11.6 Å². The Hall–Kier alpha value is -4.11. The van der Waals surface area contributed by atoms with Crippen LogP contribution in [0.5, 0.6) is 5.75 Å². The number of nitrogens with zero attached hydrogens (tertiary/aromatic N) is 5. The predicted molar refractivity (Wildman–Crippen MR) is 133 cm³/mol. The summed E-state index contributed by atoms with van der Waals surface area (Å²) in [4.78, 5) is 23.6. The molecule has 1 spiro atoms. The van der Waals surface area contributed by atoms with Crippen LogP contribution in [-0.4, -0.2) is 33.1 Å². The normalized spacial score (nSPS) is 16.5. The van der Waals surface area contributed by atoms with Crippen LogP contribution in [0.1, 0.15) is 36.1 Å². The molecule has 0 N–H and O–H groups in total. The standard InChI is InChI=1S/C26H19F4N5O2S/c27-20-13-17(2-3-22(20)37-11-6-16-4-9-32-10-5-16)35-24(38)34(23(36)25(35)7-1-8-25)18-12-19(26(28,29)30)21(14-31)33-15-18/h2-5,9-10,12-13,15H,1,6-8,11H2. The molecule has 194 valence electrons. The van der Waals surface area contributed by atoms with E-state index in [2.05, 4.69) is 9.97 Å². The van der Waals surface area contributed by atoms with Gasteiger partial charge in [0.15, 0.2) is 22.4 Å². The van der Waals surface area contributed by atoms with Gasteiger partial charge in [-0.05, 0) is 67.4 Å². The molecule has 1 amide bonds. The molecular formula is C26H19F4N5O2S. The topological polar surface area (TPSA) is 82.4 Å². The van der Waals surface area contributed by atoms with Crippen LogP contribution in [0.15, 0.2) is 55.0 Å². The fourth-order valence-electron chi connectivity index (χ4n) is 4.66. The van der Waals surface area contributed by atoms with Crippen LogP contribution in [0, 0.1) is 17.1 Å². The van der Waals surface area contributed by atoms with Crippen molar-refractivity contribution in [2.24, 2.45) is 0 Å². The number of hydrogen-bond donors (Lipinski definition) is 0. The number of nitriles is 1. The van der Waals surface area contributed by atoms with Gasteiger partial charge in [-0.3, -0.25) is 14.7 Å². The summed E-state index contributed by atoms with van der Waals surface area (Å²) in [5.41, 5.74) is -2.17. The second-order valence-electron chi connectivity index (χ2n) is 8.91. The molecule has 0 atom stereocenters. The number of amides is 1. The van der Waals surface area contributed by atoms with Crippen LogP contribution in [0.4, 0.5) is 28.9 Å². The van der Waals surface area contributed by atoms with Gasteiger partial charge in [-0.2, -0.15) is 18.4 Å². The molecule has 38 heavy (non-hydrogen) atoms. The van der Waals surface area contributed by atoms with Crippen molar-refractivity contribution in [3.05, 3.63) is 77.6 Å². The monoisotopic (exact) mass is 541 g/mol. The molecule has 12 heteroatoms. The highest BCUT2D eigenvalue weighted by molar-refractivity contribution is 7.81. The average molecular weight is 542 g/mol. The first-order valence-electron chi connectivity index (χ1n) is 11.6. The van der Waals surface area contributed by atoms with Gasteiger partial charge in [-0.15, -0.1) is 0 Å². The van der Waals surface area contributed by atoms with Gasteiger partial charge in [0.2, 0.25) is 0 Å². The number of anilines is 2. The summed E-state index contributed by atoms with van der Waals surface area (Å²) in [5, 5.41) is 8.95. The largest absolute Gasteiger partial charge is 0.490 e. The molecule has 5 rings (SSSR count). The minimum Gasteiger partial charge on any atom is -0.490 e. The molecule has 1 saturated carbocycles. The number of benzene rings is 1. The molecule has 0 radical (unpaired) electrons. The number of aromatic nitrogens is 2. The first-order valence-corrected chi connectivity index (χ1v) is 12.0. The Bertz CT molecular complexity index is 1450. The Morgan fingerprint density at radius 3 is 2.47 bits per heavy atom. The second-order valence-corrected chi connectivity index (χ2v) is 9.28. The number of halogens is 4. The van der Waals surface area contributed by atoms with Gasteiger partial charge in [0.25, 0.3) is 5.91 Å². The van der Waals surface area contributed by atoms with E-state index in [0.717, 1.165) is 16.7 Å². The molecule has 1 saturated heterocycles. The minimum atomic E-state index is -4.86. The van der Waals surface area contributed by atoms with Gasteiger partial charge in [0, 0.05) is 30.6 Å². The maximum Gasteiger partial charge on any atom is 0.419 e.